The zero-order valence-electron chi connectivity index (χ0n) is 12.5. The molecule has 1 rings (SSSR count). The van der Waals surface area contributed by atoms with E-state index in [1.54, 1.807) is 0 Å². The highest BCUT2D eigenvalue weighted by Crippen LogP contribution is 2.10. The van der Waals surface area contributed by atoms with E-state index in [1.165, 1.54) is 18.5 Å². The third-order valence-electron chi connectivity index (χ3n) is 3.36. The molecule has 2 nitrogen and oxygen atoms in total. The Morgan fingerprint density at radius 3 is 2.42 bits per heavy atom. The molecule has 0 bridgehead atoms. The first-order valence-electron chi connectivity index (χ1n) is 7.35. The number of nitrogens with zero attached hydrogens (tertiary/aromatic N) is 1. The second-order valence-corrected chi connectivity index (χ2v) is 5.56. The van der Waals surface area contributed by atoms with Crippen molar-refractivity contribution in [1.82, 2.24) is 10.2 Å². The zero-order valence-corrected chi connectivity index (χ0v) is 13.2. The molecule has 0 aliphatic heterocycles. The fourth-order valence-corrected chi connectivity index (χ4v) is 2.39. The van der Waals surface area contributed by atoms with Gasteiger partial charge >= 0.3 is 0 Å². The van der Waals surface area contributed by atoms with Crippen LogP contribution in [0.15, 0.2) is 24.3 Å². The number of hydrogen-bond acceptors (Lipinski definition) is 2. The SMILES string of the molecule is CCCN(CC)CCNC(C)Cc1ccc(Cl)cc1. The number of hydrogen-bond donors (Lipinski definition) is 1. The maximum Gasteiger partial charge on any atom is 0.0406 e. The van der Waals surface area contributed by atoms with Gasteiger partial charge in [-0.05, 0) is 50.6 Å². The van der Waals surface area contributed by atoms with E-state index in [0.29, 0.717) is 6.04 Å². The topological polar surface area (TPSA) is 15.3 Å². The molecule has 1 aromatic carbocycles. The van der Waals surface area contributed by atoms with Crippen molar-refractivity contribution < 1.29 is 0 Å². The van der Waals surface area contributed by atoms with E-state index >= 15 is 0 Å². The van der Waals surface area contributed by atoms with E-state index in [4.69, 9.17) is 11.6 Å². The first kappa shape index (κ1) is 16.5. The van der Waals surface area contributed by atoms with Crippen LogP contribution in [0.4, 0.5) is 0 Å². The molecule has 0 saturated heterocycles. The van der Waals surface area contributed by atoms with Gasteiger partial charge in [0.1, 0.15) is 0 Å². The molecular formula is C16H27ClN2. The minimum absolute atomic E-state index is 0.501. The lowest BCUT2D eigenvalue weighted by molar-refractivity contribution is 0.283. The quantitative estimate of drug-likeness (QED) is 0.745. The Kier molecular flexibility index (Phi) is 8.11. The molecule has 0 spiro atoms. The lowest BCUT2D eigenvalue weighted by atomic mass is 10.1. The highest BCUT2D eigenvalue weighted by molar-refractivity contribution is 6.30. The molecule has 0 aliphatic carbocycles. The number of halogens is 1. The number of nitrogens with one attached hydrogen (secondary N) is 1. The van der Waals surface area contributed by atoms with Gasteiger partial charge in [0.15, 0.2) is 0 Å². The van der Waals surface area contributed by atoms with Crippen LogP contribution < -0.4 is 5.32 Å². The molecule has 108 valence electrons. The summed E-state index contributed by atoms with van der Waals surface area (Å²) in [6, 6.07) is 8.64. The van der Waals surface area contributed by atoms with Gasteiger partial charge in [0.05, 0.1) is 0 Å². The Bertz CT molecular complexity index is 337. The number of likely N-dealkylation sites (N-methyl/N-ethyl adjacent to an activating group) is 1. The van der Waals surface area contributed by atoms with Crippen LogP contribution >= 0.6 is 11.6 Å². The number of benzene rings is 1. The molecule has 0 saturated carbocycles. The monoisotopic (exact) mass is 282 g/mol. The van der Waals surface area contributed by atoms with E-state index in [2.05, 4.69) is 43.1 Å². The summed E-state index contributed by atoms with van der Waals surface area (Å²) in [7, 11) is 0. The van der Waals surface area contributed by atoms with Gasteiger partial charge in [-0.3, -0.25) is 0 Å². The fourth-order valence-electron chi connectivity index (χ4n) is 2.26. The van der Waals surface area contributed by atoms with Crippen LogP contribution in [0, 0.1) is 0 Å². The van der Waals surface area contributed by atoms with E-state index in [0.717, 1.165) is 31.1 Å². The average molecular weight is 283 g/mol. The Morgan fingerprint density at radius 2 is 1.84 bits per heavy atom. The lowest BCUT2D eigenvalue weighted by Gasteiger charge is -2.21. The van der Waals surface area contributed by atoms with Crippen LogP contribution in [0.25, 0.3) is 0 Å². The first-order valence-corrected chi connectivity index (χ1v) is 7.73. The van der Waals surface area contributed by atoms with Gasteiger partial charge in [-0.2, -0.15) is 0 Å². The Balaban J connectivity index is 2.23. The summed E-state index contributed by atoms with van der Waals surface area (Å²) in [6.45, 7) is 11.2. The summed E-state index contributed by atoms with van der Waals surface area (Å²) in [4.78, 5) is 2.49. The van der Waals surface area contributed by atoms with Gasteiger partial charge in [-0.25, -0.2) is 0 Å². The van der Waals surface area contributed by atoms with E-state index in [1.807, 2.05) is 12.1 Å². The third kappa shape index (κ3) is 6.95. The third-order valence-corrected chi connectivity index (χ3v) is 3.62. The second-order valence-electron chi connectivity index (χ2n) is 5.12. The minimum atomic E-state index is 0.501. The predicted octanol–water partition coefficient (Wildman–Crippen LogP) is 3.59. The van der Waals surface area contributed by atoms with Gasteiger partial charge in [0, 0.05) is 24.2 Å². The van der Waals surface area contributed by atoms with Crippen LogP contribution in [-0.2, 0) is 6.42 Å². The molecule has 0 aliphatic rings. The molecule has 0 radical (unpaired) electrons. The average Bonchev–Trinajstić information content (AvgIpc) is 2.40. The zero-order chi connectivity index (χ0) is 14.1. The smallest absolute Gasteiger partial charge is 0.0406 e. The van der Waals surface area contributed by atoms with Crippen LogP contribution in [0.5, 0.6) is 0 Å². The van der Waals surface area contributed by atoms with Gasteiger partial charge in [0.25, 0.3) is 0 Å². The molecule has 0 amide bonds. The highest BCUT2D eigenvalue weighted by Gasteiger charge is 2.05. The van der Waals surface area contributed by atoms with Crippen molar-refractivity contribution in [1.29, 1.82) is 0 Å². The van der Waals surface area contributed by atoms with Gasteiger partial charge < -0.3 is 10.2 Å². The summed E-state index contributed by atoms with van der Waals surface area (Å²) < 4.78 is 0. The maximum atomic E-state index is 5.89. The van der Waals surface area contributed by atoms with E-state index in [-0.39, 0.29) is 0 Å². The van der Waals surface area contributed by atoms with Crippen LogP contribution in [0.2, 0.25) is 5.02 Å². The van der Waals surface area contributed by atoms with Crippen molar-refractivity contribution in [3.63, 3.8) is 0 Å². The van der Waals surface area contributed by atoms with Crippen molar-refractivity contribution in [2.24, 2.45) is 0 Å². The Labute approximate surface area is 123 Å². The van der Waals surface area contributed by atoms with Gasteiger partial charge in [-0.15, -0.1) is 0 Å². The van der Waals surface area contributed by atoms with Crippen molar-refractivity contribution >= 4 is 11.6 Å². The Morgan fingerprint density at radius 1 is 1.16 bits per heavy atom. The molecule has 3 heteroatoms. The van der Waals surface area contributed by atoms with Gasteiger partial charge in [0.2, 0.25) is 0 Å². The largest absolute Gasteiger partial charge is 0.313 e. The molecule has 1 N–H and O–H groups in total. The van der Waals surface area contributed by atoms with Crippen LogP contribution in [-0.4, -0.2) is 37.1 Å². The highest BCUT2D eigenvalue weighted by atomic mass is 35.5. The number of rotatable bonds is 9. The summed E-state index contributed by atoms with van der Waals surface area (Å²) in [5.41, 5.74) is 1.34. The minimum Gasteiger partial charge on any atom is -0.313 e. The van der Waals surface area contributed by atoms with E-state index in [9.17, 15) is 0 Å². The van der Waals surface area contributed by atoms with Crippen molar-refractivity contribution in [2.45, 2.75) is 39.7 Å². The predicted molar refractivity (Wildman–Crippen MR) is 85.0 cm³/mol. The lowest BCUT2D eigenvalue weighted by Crippen LogP contribution is -2.37. The van der Waals surface area contributed by atoms with Crippen molar-refractivity contribution in [2.75, 3.05) is 26.2 Å². The Hall–Kier alpha value is -0.570. The van der Waals surface area contributed by atoms with Crippen molar-refractivity contribution in [3.05, 3.63) is 34.9 Å². The summed E-state index contributed by atoms with van der Waals surface area (Å²) in [5.74, 6) is 0. The van der Waals surface area contributed by atoms with Crippen LogP contribution in [0.3, 0.4) is 0 Å². The summed E-state index contributed by atoms with van der Waals surface area (Å²) in [6.07, 6.45) is 2.28. The summed E-state index contributed by atoms with van der Waals surface area (Å²) >= 11 is 5.89. The maximum absolute atomic E-state index is 5.89. The molecule has 0 fully saturated rings. The van der Waals surface area contributed by atoms with Gasteiger partial charge in [-0.1, -0.05) is 37.6 Å². The van der Waals surface area contributed by atoms with Crippen molar-refractivity contribution in [3.8, 4) is 0 Å². The fraction of sp³-hybridized carbons (Fsp3) is 0.625. The normalized spacial score (nSPS) is 12.9. The van der Waals surface area contributed by atoms with E-state index < -0.39 is 0 Å². The second kappa shape index (κ2) is 9.35. The molecule has 19 heavy (non-hydrogen) atoms. The molecule has 0 aromatic heterocycles. The van der Waals surface area contributed by atoms with Crippen LogP contribution in [0.1, 0.15) is 32.8 Å². The molecule has 1 unspecified atom stereocenters. The molecular weight excluding hydrogens is 256 g/mol. The molecule has 1 aromatic rings. The molecule has 0 heterocycles. The standard InChI is InChI=1S/C16H27ClN2/c1-4-11-19(5-2)12-10-18-14(3)13-15-6-8-16(17)9-7-15/h6-9,14,18H,4-5,10-13H2,1-3H3. The first-order chi connectivity index (χ1) is 9.15. The molecule has 1 atom stereocenters. The summed E-state index contributed by atoms with van der Waals surface area (Å²) in [5, 5.41) is 4.40.